The van der Waals surface area contributed by atoms with Crippen LogP contribution < -0.4 is 4.74 Å². The van der Waals surface area contributed by atoms with Crippen LogP contribution in [0.15, 0.2) is 36.7 Å². The van der Waals surface area contributed by atoms with Gasteiger partial charge in [-0.15, -0.1) is 0 Å². The second kappa shape index (κ2) is 7.92. The van der Waals surface area contributed by atoms with E-state index in [0.29, 0.717) is 48.2 Å². The number of sulfonamides is 1. The lowest BCUT2D eigenvalue weighted by Crippen LogP contribution is -2.50. The van der Waals surface area contributed by atoms with Crippen LogP contribution in [0.3, 0.4) is 0 Å². The molecule has 0 saturated carbocycles. The number of halogens is 1. The van der Waals surface area contributed by atoms with Gasteiger partial charge < -0.3 is 14.2 Å². The predicted octanol–water partition coefficient (Wildman–Crippen LogP) is 2.25. The van der Waals surface area contributed by atoms with Crippen molar-refractivity contribution < 1.29 is 17.9 Å². The second-order valence-electron chi connectivity index (χ2n) is 6.19. The number of nitrogens with zero attached hydrogens (tertiary/aromatic N) is 3. The lowest BCUT2D eigenvalue weighted by molar-refractivity contribution is 0.0694. The molecule has 1 aromatic carbocycles. The fourth-order valence-electron chi connectivity index (χ4n) is 3.09. The number of carbonyl (C=O) groups excluding carboxylic acids is 1. The largest absolute Gasteiger partial charge is 0.496 e. The third-order valence-corrected chi connectivity index (χ3v) is 6.85. The summed E-state index contributed by atoms with van der Waals surface area (Å²) in [7, 11) is -1.73. The van der Waals surface area contributed by atoms with Gasteiger partial charge in [-0.2, -0.15) is 4.31 Å². The van der Waals surface area contributed by atoms with Crippen LogP contribution in [0.1, 0.15) is 17.3 Å². The summed E-state index contributed by atoms with van der Waals surface area (Å²) in [5.74, 6) is 0.267. The van der Waals surface area contributed by atoms with Crippen LogP contribution in [0, 0.1) is 0 Å². The van der Waals surface area contributed by atoms with E-state index in [1.807, 2.05) is 29.1 Å². The average molecular weight is 412 g/mol. The number of aromatic nitrogens is 1. The molecule has 27 heavy (non-hydrogen) atoms. The van der Waals surface area contributed by atoms with Crippen LogP contribution in [0.5, 0.6) is 5.75 Å². The first-order valence-corrected chi connectivity index (χ1v) is 10.6. The molecule has 0 atom stereocenters. The Morgan fingerprint density at radius 1 is 1.15 bits per heavy atom. The first-order valence-electron chi connectivity index (χ1n) is 8.65. The number of hydrogen-bond donors (Lipinski definition) is 0. The van der Waals surface area contributed by atoms with E-state index in [-0.39, 0.29) is 11.7 Å². The first kappa shape index (κ1) is 19.7. The van der Waals surface area contributed by atoms with Crippen LogP contribution in [-0.2, 0) is 10.0 Å². The van der Waals surface area contributed by atoms with Gasteiger partial charge in [-0.1, -0.05) is 11.6 Å². The van der Waals surface area contributed by atoms with Crippen LogP contribution in [-0.4, -0.2) is 67.1 Å². The molecule has 0 unspecified atom stereocenters. The number of benzene rings is 1. The summed E-state index contributed by atoms with van der Waals surface area (Å²) in [5, 5.41) is 0.433. The zero-order chi connectivity index (χ0) is 19.6. The van der Waals surface area contributed by atoms with E-state index in [4.69, 9.17) is 16.3 Å². The molecular formula is C18H22ClN3O4S. The van der Waals surface area contributed by atoms with Crippen molar-refractivity contribution in [2.45, 2.75) is 6.92 Å². The third-order valence-electron chi connectivity index (χ3n) is 4.67. The molecule has 1 aromatic heterocycles. The van der Waals surface area contributed by atoms with Crippen LogP contribution in [0.25, 0.3) is 5.69 Å². The van der Waals surface area contributed by atoms with Gasteiger partial charge in [0, 0.05) is 44.6 Å². The van der Waals surface area contributed by atoms with Crippen molar-refractivity contribution >= 4 is 27.5 Å². The quantitative estimate of drug-likeness (QED) is 0.756. The van der Waals surface area contributed by atoms with Crippen LogP contribution in [0.4, 0.5) is 0 Å². The Hall–Kier alpha value is -2.03. The Bertz CT molecular complexity index is 920. The number of rotatable bonds is 5. The van der Waals surface area contributed by atoms with Crippen molar-refractivity contribution in [3.8, 4) is 11.4 Å². The summed E-state index contributed by atoms with van der Waals surface area (Å²) < 4.78 is 32.6. The van der Waals surface area contributed by atoms with Gasteiger partial charge in [0.2, 0.25) is 10.0 Å². The van der Waals surface area contributed by atoms with Gasteiger partial charge in [0.1, 0.15) is 5.75 Å². The van der Waals surface area contributed by atoms with Crippen molar-refractivity contribution in [3.05, 3.63) is 47.2 Å². The summed E-state index contributed by atoms with van der Waals surface area (Å²) in [6.07, 6.45) is 3.71. The molecule has 7 nitrogen and oxygen atoms in total. The van der Waals surface area contributed by atoms with Crippen molar-refractivity contribution in [1.29, 1.82) is 0 Å². The summed E-state index contributed by atoms with van der Waals surface area (Å²) >= 11 is 6.40. The maximum Gasteiger partial charge on any atom is 0.257 e. The molecule has 1 fully saturated rings. The van der Waals surface area contributed by atoms with E-state index >= 15 is 0 Å². The Labute approximate surface area is 164 Å². The number of piperazine rings is 1. The number of carbonyl (C=O) groups is 1. The van der Waals surface area contributed by atoms with Crippen LogP contribution >= 0.6 is 11.6 Å². The molecule has 0 bridgehead atoms. The average Bonchev–Trinajstić information content (AvgIpc) is 3.21. The number of methoxy groups -OCH3 is 1. The van der Waals surface area contributed by atoms with Gasteiger partial charge in [0.25, 0.3) is 5.91 Å². The van der Waals surface area contributed by atoms with Gasteiger partial charge in [-0.3, -0.25) is 4.79 Å². The molecule has 3 rings (SSSR count). The molecule has 146 valence electrons. The molecule has 1 aliphatic heterocycles. The normalized spacial score (nSPS) is 15.7. The summed E-state index contributed by atoms with van der Waals surface area (Å²) in [6, 6.07) is 7.10. The zero-order valence-electron chi connectivity index (χ0n) is 15.3. The SMILES string of the molecule is CCS(=O)(=O)N1CCN(C(=O)c2cc(Cl)c(-n3cccc3)cc2OC)CC1. The molecule has 0 spiro atoms. The van der Waals surface area contributed by atoms with Crippen LogP contribution in [0.2, 0.25) is 5.02 Å². The van der Waals surface area contributed by atoms with E-state index in [1.165, 1.54) is 11.4 Å². The monoisotopic (exact) mass is 411 g/mol. The van der Waals surface area contributed by atoms with Crippen molar-refractivity contribution in [3.63, 3.8) is 0 Å². The van der Waals surface area contributed by atoms with Crippen molar-refractivity contribution in [1.82, 2.24) is 13.8 Å². The van der Waals surface area contributed by atoms with Gasteiger partial charge in [-0.25, -0.2) is 8.42 Å². The van der Waals surface area contributed by atoms with E-state index in [0.717, 1.165) is 0 Å². The molecule has 1 amide bonds. The highest BCUT2D eigenvalue weighted by molar-refractivity contribution is 7.89. The van der Waals surface area contributed by atoms with Gasteiger partial charge in [0.05, 0.1) is 29.1 Å². The fraction of sp³-hybridized carbons (Fsp3) is 0.389. The molecule has 2 aromatic rings. The molecule has 1 aliphatic rings. The Kier molecular flexibility index (Phi) is 5.78. The number of amides is 1. The Balaban J connectivity index is 1.82. The lowest BCUT2D eigenvalue weighted by Gasteiger charge is -2.34. The highest BCUT2D eigenvalue weighted by atomic mass is 35.5. The Morgan fingerprint density at radius 3 is 2.33 bits per heavy atom. The topological polar surface area (TPSA) is 71.9 Å². The van der Waals surface area contributed by atoms with Crippen molar-refractivity contribution in [2.24, 2.45) is 0 Å². The maximum absolute atomic E-state index is 13.0. The third kappa shape index (κ3) is 3.97. The highest BCUT2D eigenvalue weighted by Crippen LogP contribution is 2.31. The molecule has 0 radical (unpaired) electrons. The molecule has 2 heterocycles. The Morgan fingerprint density at radius 2 is 1.78 bits per heavy atom. The molecule has 0 aliphatic carbocycles. The maximum atomic E-state index is 13.0. The van der Waals surface area contributed by atoms with E-state index in [9.17, 15) is 13.2 Å². The molecule has 9 heteroatoms. The smallest absolute Gasteiger partial charge is 0.257 e. The minimum atomic E-state index is -3.24. The summed E-state index contributed by atoms with van der Waals surface area (Å²) in [6.45, 7) is 2.86. The standard InChI is InChI=1S/C18H22ClN3O4S/c1-3-27(24,25)22-10-8-21(9-11-22)18(23)14-12-15(19)16(13-17(14)26-2)20-6-4-5-7-20/h4-7,12-13H,3,8-11H2,1-2H3. The molecule has 0 N–H and O–H groups in total. The van der Waals surface area contributed by atoms with Crippen molar-refractivity contribution in [2.75, 3.05) is 39.0 Å². The van der Waals surface area contributed by atoms with Gasteiger partial charge in [-0.05, 0) is 25.1 Å². The molecular weight excluding hydrogens is 390 g/mol. The number of hydrogen-bond acceptors (Lipinski definition) is 4. The minimum absolute atomic E-state index is 0.0607. The summed E-state index contributed by atoms with van der Waals surface area (Å²) in [4.78, 5) is 14.6. The predicted molar refractivity (Wildman–Crippen MR) is 104 cm³/mol. The lowest BCUT2D eigenvalue weighted by atomic mass is 10.1. The van der Waals surface area contributed by atoms with Gasteiger partial charge >= 0.3 is 0 Å². The van der Waals surface area contributed by atoms with E-state index in [2.05, 4.69) is 0 Å². The second-order valence-corrected chi connectivity index (χ2v) is 8.85. The number of ether oxygens (including phenoxy) is 1. The summed E-state index contributed by atoms with van der Waals surface area (Å²) in [5.41, 5.74) is 1.08. The minimum Gasteiger partial charge on any atom is -0.496 e. The zero-order valence-corrected chi connectivity index (χ0v) is 16.8. The van der Waals surface area contributed by atoms with Gasteiger partial charge in [0.15, 0.2) is 0 Å². The van der Waals surface area contributed by atoms with E-state index < -0.39 is 10.0 Å². The molecule has 1 saturated heterocycles. The van der Waals surface area contributed by atoms with E-state index in [1.54, 1.807) is 24.0 Å². The first-order chi connectivity index (χ1) is 12.9. The highest BCUT2D eigenvalue weighted by Gasteiger charge is 2.29. The fourth-order valence-corrected chi connectivity index (χ4v) is 4.44.